The number of alkyl halides is 2. The van der Waals surface area contributed by atoms with Gasteiger partial charge in [0.1, 0.15) is 12.4 Å². The Kier molecular flexibility index (Phi) is 4.62. The zero-order valence-electron chi connectivity index (χ0n) is 11.2. The van der Waals surface area contributed by atoms with Crippen LogP contribution in [-0.4, -0.2) is 31.2 Å². The predicted molar refractivity (Wildman–Crippen MR) is 65.3 cm³/mol. The van der Waals surface area contributed by atoms with Gasteiger partial charge in [0.25, 0.3) is 0 Å². The van der Waals surface area contributed by atoms with Crippen LogP contribution in [-0.2, 0) is 10.2 Å². The van der Waals surface area contributed by atoms with Crippen LogP contribution < -0.4 is 4.74 Å². The second-order valence-electron chi connectivity index (χ2n) is 5.21. The van der Waals surface area contributed by atoms with E-state index in [1.807, 2.05) is 20.8 Å². The number of aromatic nitrogens is 1. The Balaban J connectivity index is 2.60. The molecule has 0 aromatic carbocycles. The largest absolute Gasteiger partial charge is 0.486 e. The first-order valence-electron chi connectivity index (χ1n) is 5.71. The zero-order valence-corrected chi connectivity index (χ0v) is 11.2. The molecule has 0 atom stereocenters. The summed E-state index contributed by atoms with van der Waals surface area (Å²) in [5, 5.41) is 0. The molecule has 0 saturated heterocycles. The lowest BCUT2D eigenvalue weighted by Crippen LogP contribution is -2.30. The smallest absolute Gasteiger partial charge is 0.304 e. The Morgan fingerprint density at radius 2 is 1.83 bits per heavy atom. The van der Waals surface area contributed by atoms with Crippen molar-refractivity contribution in [1.29, 1.82) is 0 Å². The minimum absolute atomic E-state index is 0.0709. The third kappa shape index (κ3) is 4.56. The molecule has 1 aromatic heterocycles. The third-order valence-corrected chi connectivity index (χ3v) is 2.31. The molecule has 0 spiro atoms. The average molecular weight is 259 g/mol. The Morgan fingerprint density at radius 1 is 1.17 bits per heavy atom. The summed E-state index contributed by atoms with van der Waals surface area (Å²) >= 11 is 0. The average Bonchev–Trinajstić information content (AvgIpc) is 2.26. The molecule has 0 amide bonds. The van der Waals surface area contributed by atoms with Crippen LogP contribution in [0.4, 0.5) is 8.78 Å². The minimum Gasteiger partial charge on any atom is -0.486 e. The van der Waals surface area contributed by atoms with Crippen molar-refractivity contribution in [2.75, 3.05) is 20.3 Å². The molecule has 1 heterocycles. The summed E-state index contributed by atoms with van der Waals surface area (Å²) in [6.45, 7) is 4.73. The van der Waals surface area contributed by atoms with Crippen LogP contribution in [0.5, 0.6) is 5.75 Å². The Hall–Kier alpha value is -1.23. The highest BCUT2D eigenvalue weighted by Crippen LogP contribution is 2.22. The summed E-state index contributed by atoms with van der Waals surface area (Å²) in [5.74, 6) is -2.66. The molecule has 3 nitrogen and oxygen atoms in total. The fraction of sp³-hybridized carbons (Fsp3) is 0.615. The van der Waals surface area contributed by atoms with Crippen LogP contribution in [0, 0.1) is 0 Å². The number of rotatable bonds is 5. The number of ether oxygens (including phenoxy) is 2. The molecule has 0 aliphatic rings. The number of hydrogen-bond donors (Lipinski definition) is 0. The molecular formula is C13H19F2NO2. The van der Waals surface area contributed by atoms with E-state index in [0.29, 0.717) is 5.75 Å². The quantitative estimate of drug-likeness (QED) is 0.814. The molecule has 1 aromatic rings. The molecule has 0 radical (unpaired) electrons. The second-order valence-corrected chi connectivity index (χ2v) is 5.21. The molecule has 0 unspecified atom stereocenters. The third-order valence-electron chi connectivity index (χ3n) is 2.31. The SMILES string of the molecule is COCC(F)(F)COc1ccc(C(C)(C)C)nc1. The molecular weight excluding hydrogens is 240 g/mol. The summed E-state index contributed by atoms with van der Waals surface area (Å²) < 4.78 is 35.6. The molecule has 0 aliphatic heterocycles. The van der Waals surface area contributed by atoms with Gasteiger partial charge in [-0.1, -0.05) is 20.8 Å². The van der Waals surface area contributed by atoms with Crippen LogP contribution in [0.1, 0.15) is 26.5 Å². The van der Waals surface area contributed by atoms with Crippen LogP contribution in [0.2, 0.25) is 0 Å². The Bertz CT molecular complexity index is 372. The van der Waals surface area contributed by atoms with Gasteiger partial charge in [-0.05, 0) is 12.1 Å². The van der Waals surface area contributed by atoms with Gasteiger partial charge in [0.15, 0.2) is 6.61 Å². The van der Waals surface area contributed by atoms with Crippen molar-refractivity contribution >= 4 is 0 Å². The van der Waals surface area contributed by atoms with Crippen molar-refractivity contribution in [2.24, 2.45) is 0 Å². The maximum absolute atomic E-state index is 13.1. The highest BCUT2D eigenvalue weighted by molar-refractivity contribution is 5.23. The molecule has 1 rings (SSSR count). The van der Waals surface area contributed by atoms with Crippen LogP contribution in [0.15, 0.2) is 18.3 Å². The normalized spacial score (nSPS) is 12.6. The van der Waals surface area contributed by atoms with Gasteiger partial charge in [-0.25, -0.2) is 8.78 Å². The van der Waals surface area contributed by atoms with E-state index in [4.69, 9.17) is 4.74 Å². The summed E-state index contributed by atoms with van der Waals surface area (Å²) in [6.07, 6.45) is 1.46. The first kappa shape index (κ1) is 14.8. The molecule has 5 heteroatoms. The van der Waals surface area contributed by atoms with Crippen molar-refractivity contribution in [3.05, 3.63) is 24.0 Å². The lowest BCUT2D eigenvalue weighted by molar-refractivity contribution is -0.0911. The van der Waals surface area contributed by atoms with Gasteiger partial charge in [0, 0.05) is 18.2 Å². The maximum atomic E-state index is 13.1. The first-order valence-corrected chi connectivity index (χ1v) is 5.71. The highest BCUT2D eigenvalue weighted by Gasteiger charge is 2.30. The number of hydrogen-bond acceptors (Lipinski definition) is 3. The van der Waals surface area contributed by atoms with Crippen molar-refractivity contribution in [3.8, 4) is 5.75 Å². The first-order chi connectivity index (χ1) is 8.24. The van der Waals surface area contributed by atoms with E-state index in [0.717, 1.165) is 5.69 Å². The summed E-state index contributed by atoms with van der Waals surface area (Å²) in [6, 6.07) is 3.43. The Labute approximate surface area is 106 Å². The van der Waals surface area contributed by atoms with E-state index in [1.54, 1.807) is 12.1 Å². The molecule has 18 heavy (non-hydrogen) atoms. The van der Waals surface area contributed by atoms with E-state index in [-0.39, 0.29) is 5.41 Å². The van der Waals surface area contributed by atoms with Gasteiger partial charge in [-0.15, -0.1) is 0 Å². The molecule has 102 valence electrons. The van der Waals surface area contributed by atoms with Gasteiger partial charge in [0.05, 0.1) is 6.20 Å². The number of pyridine rings is 1. The van der Waals surface area contributed by atoms with Crippen molar-refractivity contribution in [3.63, 3.8) is 0 Å². The predicted octanol–water partition coefficient (Wildman–Crippen LogP) is 3.04. The monoisotopic (exact) mass is 259 g/mol. The van der Waals surface area contributed by atoms with Crippen LogP contribution in [0.3, 0.4) is 0 Å². The number of nitrogens with zero attached hydrogens (tertiary/aromatic N) is 1. The summed E-state index contributed by atoms with van der Waals surface area (Å²) in [5.41, 5.74) is 0.817. The fourth-order valence-corrected chi connectivity index (χ4v) is 1.35. The summed E-state index contributed by atoms with van der Waals surface area (Å²) in [7, 11) is 1.23. The standard InChI is InChI=1S/C13H19F2NO2/c1-12(2,3)11-6-5-10(7-16-11)18-9-13(14,15)8-17-4/h5-7H,8-9H2,1-4H3. The zero-order chi connectivity index (χ0) is 13.8. The second kappa shape index (κ2) is 5.61. The van der Waals surface area contributed by atoms with E-state index < -0.39 is 19.1 Å². The highest BCUT2D eigenvalue weighted by atomic mass is 19.3. The topological polar surface area (TPSA) is 31.4 Å². The van der Waals surface area contributed by atoms with Gasteiger partial charge < -0.3 is 9.47 Å². The lowest BCUT2D eigenvalue weighted by atomic mass is 9.92. The van der Waals surface area contributed by atoms with Gasteiger partial charge in [-0.2, -0.15) is 0 Å². The van der Waals surface area contributed by atoms with Crippen molar-refractivity contribution in [1.82, 2.24) is 4.98 Å². The van der Waals surface area contributed by atoms with E-state index in [2.05, 4.69) is 9.72 Å². The molecule has 0 fully saturated rings. The number of methoxy groups -OCH3 is 1. The van der Waals surface area contributed by atoms with E-state index >= 15 is 0 Å². The van der Waals surface area contributed by atoms with Gasteiger partial charge in [0.2, 0.25) is 0 Å². The van der Waals surface area contributed by atoms with Crippen molar-refractivity contribution < 1.29 is 18.3 Å². The van der Waals surface area contributed by atoms with Crippen LogP contribution >= 0.6 is 0 Å². The van der Waals surface area contributed by atoms with E-state index in [9.17, 15) is 8.78 Å². The molecule has 0 aliphatic carbocycles. The van der Waals surface area contributed by atoms with E-state index in [1.165, 1.54) is 13.3 Å². The molecule has 0 saturated carbocycles. The van der Waals surface area contributed by atoms with Gasteiger partial charge >= 0.3 is 5.92 Å². The summed E-state index contributed by atoms with van der Waals surface area (Å²) in [4.78, 5) is 4.20. The Morgan fingerprint density at radius 3 is 2.28 bits per heavy atom. The van der Waals surface area contributed by atoms with Crippen LogP contribution in [0.25, 0.3) is 0 Å². The molecule has 0 N–H and O–H groups in total. The maximum Gasteiger partial charge on any atom is 0.304 e. The van der Waals surface area contributed by atoms with Gasteiger partial charge in [-0.3, -0.25) is 4.98 Å². The lowest BCUT2D eigenvalue weighted by Gasteiger charge is -2.19. The fourth-order valence-electron chi connectivity index (χ4n) is 1.35. The molecule has 0 bridgehead atoms. The minimum atomic E-state index is -2.99. The number of halogens is 2. The van der Waals surface area contributed by atoms with Crippen molar-refractivity contribution in [2.45, 2.75) is 32.1 Å².